The summed E-state index contributed by atoms with van der Waals surface area (Å²) in [5.41, 5.74) is 1.42. The maximum atomic E-state index is 8.78. The first kappa shape index (κ1) is 11.5. The van der Waals surface area contributed by atoms with E-state index in [-0.39, 0.29) is 0 Å². The second-order valence-electron chi connectivity index (χ2n) is 3.44. The Morgan fingerprint density at radius 1 is 1.53 bits per heavy atom. The molecule has 0 aliphatic heterocycles. The third kappa shape index (κ3) is 2.93. The minimum absolute atomic E-state index is 0.640. The van der Waals surface area contributed by atoms with Crippen LogP contribution in [0.1, 0.15) is 11.3 Å². The van der Waals surface area contributed by atoms with Crippen LogP contribution in [0.5, 0.6) is 0 Å². The molecule has 4 heteroatoms. The number of anilines is 1. The number of aryl methyl sites for hydroxylation is 1. The first-order chi connectivity index (χ1) is 7.19. The molecule has 0 atom stereocenters. The zero-order chi connectivity index (χ0) is 11.3. The molecule has 0 saturated carbocycles. The van der Waals surface area contributed by atoms with Crippen LogP contribution >= 0.6 is 0 Å². The molecule has 1 heterocycles. The van der Waals surface area contributed by atoms with E-state index in [1.165, 1.54) is 0 Å². The Balaban J connectivity index is 2.79. The van der Waals surface area contributed by atoms with E-state index in [9.17, 15) is 0 Å². The molecule has 1 rings (SSSR count). The van der Waals surface area contributed by atoms with Crippen molar-refractivity contribution in [2.75, 3.05) is 32.1 Å². The smallest absolute Gasteiger partial charge is 0.128 e. The number of likely N-dealkylation sites (N-methyl/N-ethyl adjacent to an activating group) is 2. The van der Waals surface area contributed by atoms with Crippen molar-refractivity contribution in [1.29, 1.82) is 5.26 Å². The molecule has 0 aromatic carbocycles. The van der Waals surface area contributed by atoms with Crippen molar-refractivity contribution in [1.82, 2.24) is 10.3 Å². The molecule has 15 heavy (non-hydrogen) atoms. The van der Waals surface area contributed by atoms with Gasteiger partial charge in [0.1, 0.15) is 11.9 Å². The highest BCUT2D eigenvalue weighted by atomic mass is 15.2. The summed E-state index contributed by atoms with van der Waals surface area (Å²) in [6.07, 6.45) is 0. The van der Waals surface area contributed by atoms with Gasteiger partial charge in [-0.3, -0.25) is 0 Å². The van der Waals surface area contributed by atoms with Crippen molar-refractivity contribution in [2.24, 2.45) is 0 Å². The van der Waals surface area contributed by atoms with Gasteiger partial charge >= 0.3 is 0 Å². The molecule has 0 aliphatic carbocycles. The van der Waals surface area contributed by atoms with E-state index < -0.39 is 0 Å². The van der Waals surface area contributed by atoms with Crippen LogP contribution in [-0.2, 0) is 0 Å². The van der Waals surface area contributed by atoms with Crippen LogP contribution in [0, 0.1) is 18.3 Å². The highest BCUT2D eigenvalue weighted by Gasteiger charge is 2.04. The van der Waals surface area contributed by atoms with Gasteiger partial charge in [-0.05, 0) is 26.1 Å². The summed E-state index contributed by atoms with van der Waals surface area (Å²) in [7, 11) is 3.91. The van der Waals surface area contributed by atoms with Crippen LogP contribution < -0.4 is 10.2 Å². The third-order valence-corrected chi connectivity index (χ3v) is 2.28. The average Bonchev–Trinajstić information content (AvgIpc) is 2.25. The largest absolute Gasteiger partial charge is 0.358 e. The number of nitriles is 1. The highest BCUT2D eigenvalue weighted by molar-refractivity contribution is 5.44. The predicted octanol–water partition coefficient (Wildman–Crippen LogP) is 0.917. The van der Waals surface area contributed by atoms with Crippen LogP contribution in [0.15, 0.2) is 12.1 Å². The summed E-state index contributed by atoms with van der Waals surface area (Å²) in [6.45, 7) is 3.67. The molecule has 80 valence electrons. The fraction of sp³-hybridized carbons (Fsp3) is 0.455. The number of rotatable bonds is 4. The first-order valence-corrected chi connectivity index (χ1v) is 4.92. The van der Waals surface area contributed by atoms with Gasteiger partial charge in [0, 0.05) is 20.1 Å². The lowest BCUT2D eigenvalue weighted by Crippen LogP contribution is -2.27. The van der Waals surface area contributed by atoms with Crippen LogP contribution in [0.2, 0.25) is 0 Å². The Labute approximate surface area is 90.5 Å². The molecule has 0 aliphatic rings. The van der Waals surface area contributed by atoms with E-state index in [1.807, 2.05) is 33.2 Å². The number of nitrogens with zero attached hydrogens (tertiary/aromatic N) is 3. The first-order valence-electron chi connectivity index (χ1n) is 4.92. The normalized spacial score (nSPS) is 9.73. The van der Waals surface area contributed by atoms with Gasteiger partial charge in [-0.1, -0.05) is 0 Å². The van der Waals surface area contributed by atoms with Crippen molar-refractivity contribution >= 4 is 5.82 Å². The topological polar surface area (TPSA) is 52.0 Å². The lowest BCUT2D eigenvalue weighted by molar-refractivity contribution is 0.760. The zero-order valence-corrected chi connectivity index (χ0v) is 9.41. The van der Waals surface area contributed by atoms with Gasteiger partial charge in [-0.15, -0.1) is 0 Å². The second kappa shape index (κ2) is 5.32. The molecule has 1 aromatic heterocycles. The monoisotopic (exact) mass is 204 g/mol. The van der Waals surface area contributed by atoms with Crippen molar-refractivity contribution in [3.8, 4) is 6.07 Å². The van der Waals surface area contributed by atoms with Gasteiger partial charge in [0.05, 0.1) is 11.3 Å². The molecule has 0 bridgehead atoms. The molecule has 0 saturated heterocycles. The lowest BCUT2D eigenvalue weighted by atomic mass is 10.2. The summed E-state index contributed by atoms with van der Waals surface area (Å²) in [4.78, 5) is 6.43. The molecule has 0 fully saturated rings. The van der Waals surface area contributed by atoms with Gasteiger partial charge < -0.3 is 10.2 Å². The van der Waals surface area contributed by atoms with E-state index in [2.05, 4.69) is 21.3 Å². The Kier molecular flexibility index (Phi) is 4.07. The molecular formula is C11H16N4. The summed E-state index contributed by atoms with van der Waals surface area (Å²) in [5, 5.41) is 11.9. The molecule has 0 amide bonds. The van der Waals surface area contributed by atoms with E-state index in [0.717, 1.165) is 24.6 Å². The fourth-order valence-corrected chi connectivity index (χ4v) is 1.27. The predicted molar refractivity (Wildman–Crippen MR) is 60.9 cm³/mol. The van der Waals surface area contributed by atoms with Gasteiger partial charge in [-0.25, -0.2) is 4.98 Å². The molecule has 1 N–H and O–H groups in total. The van der Waals surface area contributed by atoms with E-state index >= 15 is 0 Å². The van der Waals surface area contributed by atoms with Crippen molar-refractivity contribution in [3.05, 3.63) is 23.4 Å². The van der Waals surface area contributed by atoms with Crippen LogP contribution in [0.25, 0.3) is 0 Å². The van der Waals surface area contributed by atoms with Crippen molar-refractivity contribution < 1.29 is 0 Å². The summed E-state index contributed by atoms with van der Waals surface area (Å²) >= 11 is 0. The fourth-order valence-electron chi connectivity index (χ4n) is 1.27. The van der Waals surface area contributed by atoms with Gasteiger partial charge in [0.2, 0.25) is 0 Å². The number of nitrogens with one attached hydrogen (secondary N) is 1. The number of hydrogen-bond acceptors (Lipinski definition) is 4. The van der Waals surface area contributed by atoms with Crippen LogP contribution in [0.3, 0.4) is 0 Å². The molecule has 0 spiro atoms. The highest BCUT2D eigenvalue weighted by Crippen LogP contribution is 2.12. The third-order valence-electron chi connectivity index (χ3n) is 2.28. The Morgan fingerprint density at radius 2 is 2.27 bits per heavy atom. The standard InChI is InChI=1S/C11H16N4/c1-9-10(8-12)4-5-11(14-9)15(3)7-6-13-2/h4-5,13H,6-7H2,1-3H3. The minimum atomic E-state index is 0.640. The minimum Gasteiger partial charge on any atom is -0.358 e. The van der Waals surface area contributed by atoms with Crippen LogP contribution in [-0.4, -0.2) is 32.2 Å². The summed E-state index contributed by atoms with van der Waals surface area (Å²) in [5.74, 6) is 0.904. The van der Waals surface area contributed by atoms with Crippen molar-refractivity contribution in [2.45, 2.75) is 6.92 Å². The Bertz CT molecular complexity index is 367. The van der Waals surface area contributed by atoms with Crippen LogP contribution in [0.4, 0.5) is 5.82 Å². The summed E-state index contributed by atoms with van der Waals surface area (Å²) < 4.78 is 0. The molecule has 4 nitrogen and oxygen atoms in total. The van der Waals surface area contributed by atoms with Gasteiger partial charge in [-0.2, -0.15) is 5.26 Å². The lowest BCUT2D eigenvalue weighted by Gasteiger charge is -2.18. The maximum absolute atomic E-state index is 8.78. The van der Waals surface area contributed by atoms with E-state index in [4.69, 9.17) is 5.26 Å². The number of pyridine rings is 1. The van der Waals surface area contributed by atoms with Gasteiger partial charge in [0.15, 0.2) is 0 Å². The molecule has 0 radical (unpaired) electrons. The number of aromatic nitrogens is 1. The Hall–Kier alpha value is -1.60. The SMILES string of the molecule is CNCCN(C)c1ccc(C#N)c(C)n1. The second-order valence-corrected chi connectivity index (χ2v) is 3.44. The van der Waals surface area contributed by atoms with Gasteiger partial charge in [0.25, 0.3) is 0 Å². The average molecular weight is 204 g/mol. The number of hydrogen-bond donors (Lipinski definition) is 1. The van der Waals surface area contributed by atoms with E-state index in [1.54, 1.807) is 0 Å². The summed E-state index contributed by atoms with van der Waals surface area (Å²) in [6, 6.07) is 5.80. The van der Waals surface area contributed by atoms with E-state index in [0.29, 0.717) is 5.56 Å². The van der Waals surface area contributed by atoms with Crippen molar-refractivity contribution in [3.63, 3.8) is 0 Å². The zero-order valence-electron chi connectivity index (χ0n) is 9.41. The molecule has 1 aromatic rings. The maximum Gasteiger partial charge on any atom is 0.128 e. The Morgan fingerprint density at radius 3 is 2.80 bits per heavy atom. The quantitative estimate of drug-likeness (QED) is 0.792. The molecule has 0 unspecified atom stereocenters. The molecular weight excluding hydrogens is 188 g/mol.